The van der Waals surface area contributed by atoms with Crippen LogP contribution in [0.2, 0.25) is 0 Å². The van der Waals surface area contributed by atoms with E-state index in [4.69, 9.17) is 15.0 Å². The van der Waals surface area contributed by atoms with Crippen LogP contribution in [0, 0.1) is 23.0 Å². The van der Waals surface area contributed by atoms with E-state index in [1.807, 2.05) is 38.3 Å². The number of hydrogen-bond acceptors (Lipinski definition) is 6. The number of ether oxygens (including phenoxy) is 1. The molecule has 10 heteroatoms. The van der Waals surface area contributed by atoms with Crippen LogP contribution in [0.25, 0.3) is 11.0 Å². The van der Waals surface area contributed by atoms with Crippen LogP contribution in [0.3, 0.4) is 0 Å². The number of fused-ring (bicyclic) bond motifs is 1. The van der Waals surface area contributed by atoms with Crippen LogP contribution >= 0.6 is 0 Å². The Balaban J connectivity index is 0.00000144. The summed E-state index contributed by atoms with van der Waals surface area (Å²) < 4.78 is 37.4. The highest BCUT2D eigenvalue weighted by atomic mass is 19.1. The first kappa shape index (κ1) is 36.3. The Morgan fingerprint density at radius 1 is 1.11 bits per heavy atom. The number of rotatable bonds is 11. The van der Waals surface area contributed by atoms with Gasteiger partial charge in [-0.2, -0.15) is 5.26 Å². The molecule has 1 aliphatic rings. The Bertz CT molecular complexity index is 1820. The molecule has 0 spiro atoms. The van der Waals surface area contributed by atoms with Gasteiger partial charge in [0.05, 0.1) is 33.9 Å². The Morgan fingerprint density at radius 2 is 1.79 bits per heavy atom. The van der Waals surface area contributed by atoms with Gasteiger partial charge in [0.2, 0.25) is 5.88 Å². The van der Waals surface area contributed by atoms with Crippen molar-refractivity contribution >= 4 is 22.7 Å². The predicted octanol–water partition coefficient (Wildman–Crippen LogP) is 7.94. The van der Waals surface area contributed by atoms with Gasteiger partial charge in [0.15, 0.2) is 0 Å². The van der Waals surface area contributed by atoms with Gasteiger partial charge in [-0.15, -0.1) is 0 Å². The van der Waals surface area contributed by atoms with Gasteiger partial charge in [-0.3, -0.25) is 0 Å². The number of aromatic carboxylic acids is 1. The smallest absolute Gasteiger partial charge is 0.335 e. The summed E-state index contributed by atoms with van der Waals surface area (Å²) >= 11 is 0. The molecular formula is C37H41F2N5O3. The second-order valence-electron chi connectivity index (χ2n) is 10.1. The lowest BCUT2D eigenvalue weighted by Crippen LogP contribution is -2.45. The number of halogens is 2. The van der Waals surface area contributed by atoms with Gasteiger partial charge >= 0.3 is 5.97 Å². The Kier molecular flexibility index (Phi) is 13.5. The number of imidazole rings is 1. The molecule has 0 saturated carbocycles. The zero-order chi connectivity index (χ0) is 34.5. The number of carboxylic acids is 1. The number of hydrogen-bond donors (Lipinski definition) is 2. The molecule has 5 rings (SSSR count). The predicted molar refractivity (Wildman–Crippen MR) is 181 cm³/mol. The van der Waals surface area contributed by atoms with Gasteiger partial charge in [-0.25, -0.2) is 23.6 Å². The maximum atomic E-state index is 15.5. The lowest BCUT2D eigenvalue weighted by atomic mass is 10.0. The first-order chi connectivity index (χ1) is 22.8. The van der Waals surface area contributed by atoms with Crippen LogP contribution in [0.4, 0.5) is 8.78 Å². The molecule has 1 aliphatic heterocycles. The number of carboxylic acid groups (broad SMARTS) is 1. The highest BCUT2D eigenvalue weighted by Crippen LogP contribution is 2.24. The molecule has 2 heterocycles. The van der Waals surface area contributed by atoms with Crippen molar-refractivity contribution < 1.29 is 23.4 Å². The number of aromatic nitrogens is 2. The van der Waals surface area contributed by atoms with Crippen LogP contribution < -0.4 is 5.32 Å². The van der Waals surface area contributed by atoms with Gasteiger partial charge < -0.3 is 19.7 Å². The molecule has 0 aliphatic carbocycles. The van der Waals surface area contributed by atoms with Crippen LogP contribution in [0.15, 0.2) is 84.2 Å². The molecule has 47 heavy (non-hydrogen) atoms. The van der Waals surface area contributed by atoms with Crippen LogP contribution in [0.5, 0.6) is 0 Å². The third kappa shape index (κ3) is 8.99. The standard InChI is InChI=1S/C33H29F2N5O3.2C2H6/c1-3-28(39-32(4-2)43-19-24-6-5-20(17-36)13-26(24)34)22-8-7-21(27(35)14-22)16-31-38-29-10-9-23(33(41)42)15-30(29)40(31)18-25-11-12-37-25;2*1-2/h3-10,13-15,25,37H,1,11-12,16,18-19H2,2H3,(H,41,42);2*1-2H3/b32-4+,39-28+;;. The summed E-state index contributed by atoms with van der Waals surface area (Å²) in [4.78, 5) is 20.7. The largest absolute Gasteiger partial charge is 0.478 e. The number of aliphatic imine (C=N–C) groups is 1. The van der Waals surface area contributed by atoms with Crippen molar-refractivity contribution in [2.75, 3.05) is 6.54 Å². The minimum absolute atomic E-state index is 0.107. The first-order valence-electron chi connectivity index (χ1n) is 15.7. The molecule has 1 fully saturated rings. The zero-order valence-electron chi connectivity index (χ0n) is 27.5. The third-order valence-corrected chi connectivity index (χ3v) is 7.33. The quantitative estimate of drug-likeness (QED) is 0.127. The molecule has 1 aromatic heterocycles. The fraction of sp³-hybridized carbons (Fsp3) is 0.297. The van der Waals surface area contributed by atoms with E-state index in [0.29, 0.717) is 40.2 Å². The van der Waals surface area contributed by atoms with Crippen LogP contribution in [-0.2, 0) is 24.3 Å². The molecule has 3 aromatic carbocycles. The minimum atomic E-state index is -1.02. The van der Waals surface area contributed by atoms with Crippen molar-refractivity contribution in [3.63, 3.8) is 0 Å². The highest BCUT2D eigenvalue weighted by Gasteiger charge is 2.22. The second-order valence-corrected chi connectivity index (χ2v) is 10.1. The van der Waals surface area contributed by atoms with E-state index in [1.54, 1.807) is 37.3 Å². The third-order valence-electron chi connectivity index (χ3n) is 7.33. The minimum Gasteiger partial charge on any atom is -0.478 e. The topological polar surface area (TPSA) is 113 Å². The van der Waals surface area contributed by atoms with Crippen LogP contribution in [0.1, 0.15) is 79.5 Å². The molecular weight excluding hydrogens is 600 g/mol. The summed E-state index contributed by atoms with van der Waals surface area (Å²) in [6.07, 6.45) is 4.28. The van der Waals surface area contributed by atoms with Gasteiger partial charge in [-0.05, 0) is 74.0 Å². The fourth-order valence-electron chi connectivity index (χ4n) is 4.80. The highest BCUT2D eigenvalue weighted by molar-refractivity contribution is 6.08. The second kappa shape index (κ2) is 17.5. The molecule has 8 nitrogen and oxygen atoms in total. The molecule has 0 bridgehead atoms. The summed E-state index contributed by atoms with van der Waals surface area (Å²) in [5.41, 5.74) is 3.25. The number of nitriles is 1. The van der Waals surface area contributed by atoms with E-state index in [1.165, 1.54) is 30.3 Å². The molecule has 1 atom stereocenters. The summed E-state index contributed by atoms with van der Waals surface area (Å²) in [5, 5.41) is 21.8. The van der Waals surface area contributed by atoms with Crippen molar-refractivity contribution in [3.05, 3.63) is 124 Å². The number of nitrogens with one attached hydrogen (secondary N) is 1. The molecule has 1 saturated heterocycles. The summed E-state index contributed by atoms with van der Waals surface area (Å²) in [5.74, 6) is -1.20. The van der Waals surface area contributed by atoms with E-state index >= 15 is 4.39 Å². The van der Waals surface area contributed by atoms with Gasteiger partial charge in [0.25, 0.3) is 0 Å². The van der Waals surface area contributed by atoms with Crippen molar-refractivity contribution in [1.82, 2.24) is 14.9 Å². The monoisotopic (exact) mass is 641 g/mol. The molecule has 1 unspecified atom stereocenters. The molecule has 4 aromatic rings. The lowest BCUT2D eigenvalue weighted by Gasteiger charge is -2.28. The average molecular weight is 642 g/mol. The molecule has 0 amide bonds. The van der Waals surface area contributed by atoms with Gasteiger partial charge in [0, 0.05) is 30.1 Å². The fourth-order valence-corrected chi connectivity index (χ4v) is 4.80. The van der Waals surface area contributed by atoms with Crippen molar-refractivity contribution in [1.29, 1.82) is 5.26 Å². The molecule has 246 valence electrons. The van der Waals surface area contributed by atoms with E-state index in [9.17, 15) is 14.3 Å². The Morgan fingerprint density at radius 3 is 2.36 bits per heavy atom. The SMILES string of the molecule is C=C/C(=N\C(=C/C)OCc1ccc(C#N)cc1F)c1ccc(Cc2nc3ccc(C(=O)O)cc3n2CC2CCN2)c(F)c1.CC.CC. The first-order valence-corrected chi connectivity index (χ1v) is 15.7. The Hall–Kier alpha value is -5.14. The summed E-state index contributed by atoms with van der Waals surface area (Å²) in [6.45, 7) is 14.9. The molecule has 0 radical (unpaired) electrons. The zero-order valence-corrected chi connectivity index (χ0v) is 27.5. The molecule has 2 N–H and O–H groups in total. The Labute approximate surface area is 274 Å². The number of allylic oxidation sites excluding steroid dienone is 2. The maximum Gasteiger partial charge on any atom is 0.335 e. The van der Waals surface area contributed by atoms with Crippen LogP contribution in [-0.4, -0.2) is 38.9 Å². The van der Waals surface area contributed by atoms with E-state index in [0.717, 1.165) is 19.0 Å². The van der Waals surface area contributed by atoms with E-state index in [-0.39, 0.29) is 41.6 Å². The van der Waals surface area contributed by atoms with Gasteiger partial charge in [-0.1, -0.05) is 52.5 Å². The van der Waals surface area contributed by atoms with E-state index < -0.39 is 17.6 Å². The number of carbonyl (C=O) groups is 1. The lowest BCUT2D eigenvalue weighted by molar-refractivity contribution is 0.0697. The van der Waals surface area contributed by atoms with Gasteiger partial charge in [0.1, 0.15) is 24.1 Å². The summed E-state index contributed by atoms with van der Waals surface area (Å²) in [6, 6.07) is 15.8. The normalized spacial score (nSPS) is 14.1. The van der Waals surface area contributed by atoms with E-state index in [2.05, 4.69) is 16.9 Å². The van der Waals surface area contributed by atoms with Crippen molar-refractivity contribution in [2.24, 2.45) is 4.99 Å². The maximum absolute atomic E-state index is 15.5. The van der Waals surface area contributed by atoms with Crippen molar-refractivity contribution in [2.45, 2.75) is 66.7 Å². The number of nitrogens with zero attached hydrogens (tertiary/aromatic N) is 4. The van der Waals surface area contributed by atoms with Crippen molar-refractivity contribution in [3.8, 4) is 6.07 Å². The average Bonchev–Trinajstić information content (AvgIpc) is 3.41. The number of benzene rings is 3. The summed E-state index contributed by atoms with van der Waals surface area (Å²) in [7, 11) is 0.